The van der Waals surface area contributed by atoms with Gasteiger partial charge in [0.1, 0.15) is 12.1 Å². The number of nitrogens with zero attached hydrogens (tertiary/aromatic N) is 3. The Morgan fingerprint density at radius 3 is 2.71 bits per heavy atom. The molecular formula is C15H19N3O2S. The first-order valence-electron chi connectivity index (χ1n) is 7.60. The number of carbonyl (C=O) groups is 2. The van der Waals surface area contributed by atoms with Crippen molar-refractivity contribution in [1.82, 2.24) is 14.7 Å². The van der Waals surface area contributed by atoms with Crippen LogP contribution in [0, 0.1) is 0 Å². The fourth-order valence-corrected chi connectivity index (χ4v) is 4.50. The molecule has 4 heterocycles. The zero-order chi connectivity index (χ0) is 14.4. The molecule has 2 atom stereocenters. The van der Waals surface area contributed by atoms with Crippen LogP contribution in [0.15, 0.2) is 17.5 Å². The summed E-state index contributed by atoms with van der Waals surface area (Å²) in [7, 11) is 0. The molecule has 5 nitrogen and oxygen atoms in total. The van der Waals surface area contributed by atoms with Gasteiger partial charge in [-0.15, -0.1) is 11.3 Å². The second kappa shape index (κ2) is 5.10. The second-order valence-corrected chi connectivity index (χ2v) is 7.08. The van der Waals surface area contributed by atoms with Gasteiger partial charge in [-0.25, -0.2) is 0 Å². The molecule has 0 aromatic carbocycles. The molecule has 0 aliphatic carbocycles. The van der Waals surface area contributed by atoms with Crippen molar-refractivity contribution in [1.29, 1.82) is 0 Å². The van der Waals surface area contributed by atoms with Crippen molar-refractivity contribution >= 4 is 23.2 Å². The monoisotopic (exact) mass is 305 g/mol. The number of carbonyl (C=O) groups excluding carboxylic acids is 2. The molecule has 1 aromatic rings. The molecular weight excluding hydrogens is 286 g/mol. The Morgan fingerprint density at radius 2 is 1.90 bits per heavy atom. The van der Waals surface area contributed by atoms with Gasteiger partial charge in [-0.3, -0.25) is 14.5 Å². The first-order valence-corrected chi connectivity index (χ1v) is 8.48. The first-order chi connectivity index (χ1) is 10.2. The van der Waals surface area contributed by atoms with Crippen molar-refractivity contribution in [2.45, 2.75) is 31.5 Å². The van der Waals surface area contributed by atoms with Gasteiger partial charge >= 0.3 is 0 Å². The Hall–Kier alpha value is -1.40. The van der Waals surface area contributed by atoms with Gasteiger partial charge in [0.05, 0.1) is 0 Å². The third-order valence-corrected chi connectivity index (χ3v) is 5.67. The predicted octanol–water partition coefficient (Wildman–Crippen LogP) is 0.765. The summed E-state index contributed by atoms with van der Waals surface area (Å²) in [6, 6.07) is 3.75. The molecule has 112 valence electrons. The highest BCUT2D eigenvalue weighted by molar-refractivity contribution is 7.09. The van der Waals surface area contributed by atoms with Crippen LogP contribution in [-0.2, 0) is 16.1 Å². The quantitative estimate of drug-likeness (QED) is 0.810. The molecule has 3 saturated heterocycles. The van der Waals surface area contributed by atoms with E-state index in [1.54, 1.807) is 11.3 Å². The van der Waals surface area contributed by atoms with Gasteiger partial charge in [0.2, 0.25) is 11.8 Å². The Bertz CT molecular complexity index is 559. The first kappa shape index (κ1) is 13.3. The largest absolute Gasteiger partial charge is 0.329 e. The smallest absolute Gasteiger partial charge is 0.247 e. The fraction of sp³-hybridized carbons (Fsp3) is 0.600. The zero-order valence-corrected chi connectivity index (χ0v) is 12.7. The average molecular weight is 305 g/mol. The van der Waals surface area contributed by atoms with E-state index in [1.165, 1.54) is 4.88 Å². The molecule has 6 heteroatoms. The Labute approximate surface area is 128 Å². The molecule has 3 aliphatic rings. The van der Waals surface area contributed by atoms with Crippen LogP contribution in [-0.4, -0.2) is 64.8 Å². The van der Waals surface area contributed by atoms with Gasteiger partial charge in [0, 0.05) is 37.6 Å². The van der Waals surface area contributed by atoms with Crippen LogP contribution in [0.1, 0.15) is 17.7 Å². The minimum atomic E-state index is -0.263. The minimum absolute atomic E-state index is 0.160. The molecule has 0 spiro atoms. The maximum absolute atomic E-state index is 12.6. The molecule has 3 aliphatic heterocycles. The van der Waals surface area contributed by atoms with E-state index in [0.29, 0.717) is 13.1 Å². The number of thiophene rings is 1. The molecule has 2 amide bonds. The van der Waals surface area contributed by atoms with Crippen LogP contribution < -0.4 is 0 Å². The van der Waals surface area contributed by atoms with Gasteiger partial charge in [-0.1, -0.05) is 6.07 Å². The van der Waals surface area contributed by atoms with Crippen LogP contribution in [0.5, 0.6) is 0 Å². The minimum Gasteiger partial charge on any atom is -0.329 e. The summed E-state index contributed by atoms with van der Waals surface area (Å²) in [6.07, 6.45) is 1.80. The molecule has 0 radical (unpaired) electrons. The predicted molar refractivity (Wildman–Crippen MR) is 79.8 cm³/mol. The summed E-state index contributed by atoms with van der Waals surface area (Å²) in [4.78, 5) is 32.4. The van der Waals surface area contributed by atoms with Crippen molar-refractivity contribution in [3.63, 3.8) is 0 Å². The van der Waals surface area contributed by atoms with Crippen molar-refractivity contribution < 1.29 is 9.59 Å². The van der Waals surface area contributed by atoms with Crippen molar-refractivity contribution in [2.75, 3.05) is 26.2 Å². The molecule has 21 heavy (non-hydrogen) atoms. The highest BCUT2D eigenvalue weighted by atomic mass is 32.1. The topological polar surface area (TPSA) is 43.9 Å². The average Bonchev–Trinajstić information content (AvgIpc) is 3.16. The normalized spacial score (nSPS) is 29.7. The van der Waals surface area contributed by atoms with Crippen molar-refractivity contribution in [2.24, 2.45) is 0 Å². The van der Waals surface area contributed by atoms with Gasteiger partial charge in [-0.05, 0) is 24.3 Å². The molecule has 3 fully saturated rings. The van der Waals surface area contributed by atoms with Crippen LogP contribution in [0.25, 0.3) is 0 Å². The van der Waals surface area contributed by atoms with Gasteiger partial charge < -0.3 is 9.80 Å². The highest BCUT2D eigenvalue weighted by Gasteiger charge is 2.49. The summed E-state index contributed by atoms with van der Waals surface area (Å²) < 4.78 is 0. The number of fused-ring (bicyclic) bond motifs is 2. The molecule has 4 rings (SSSR count). The van der Waals surface area contributed by atoms with Crippen molar-refractivity contribution in [3.05, 3.63) is 22.4 Å². The lowest BCUT2D eigenvalue weighted by Crippen LogP contribution is -2.68. The molecule has 0 bridgehead atoms. The SMILES string of the molecule is O=C1[C@@H]2CCCN2C(=O)[C@H]2CN(Cc3cccs3)CCN12. The summed E-state index contributed by atoms with van der Waals surface area (Å²) >= 11 is 1.75. The van der Waals surface area contributed by atoms with E-state index < -0.39 is 0 Å². The Balaban J connectivity index is 1.51. The van der Waals surface area contributed by atoms with E-state index in [0.717, 1.165) is 32.5 Å². The highest BCUT2D eigenvalue weighted by Crippen LogP contribution is 2.29. The van der Waals surface area contributed by atoms with Crippen LogP contribution in [0.3, 0.4) is 0 Å². The van der Waals surface area contributed by atoms with E-state index in [-0.39, 0.29) is 23.9 Å². The summed E-state index contributed by atoms with van der Waals surface area (Å²) in [6.45, 7) is 3.86. The fourth-order valence-electron chi connectivity index (χ4n) is 3.75. The maximum Gasteiger partial charge on any atom is 0.247 e. The van der Waals surface area contributed by atoms with Gasteiger partial charge in [0.25, 0.3) is 0 Å². The third-order valence-electron chi connectivity index (χ3n) is 4.81. The van der Waals surface area contributed by atoms with Crippen LogP contribution in [0.2, 0.25) is 0 Å². The lowest BCUT2D eigenvalue weighted by molar-refractivity contribution is -0.163. The zero-order valence-electron chi connectivity index (χ0n) is 11.9. The van der Waals surface area contributed by atoms with Gasteiger partial charge in [-0.2, -0.15) is 0 Å². The summed E-state index contributed by atoms with van der Waals surface area (Å²) in [5, 5.41) is 2.08. The molecule has 0 N–H and O–H groups in total. The number of hydrogen-bond donors (Lipinski definition) is 0. The number of amides is 2. The summed E-state index contributed by atoms with van der Waals surface area (Å²) in [5.41, 5.74) is 0. The lowest BCUT2D eigenvalue weighted by Gasteiger charge is -2.47. The number of piperazine rings is 2. The van der Waals surface area contributed by atoms with Gasteiger partial charge in [0.15, 0.2) is 0 Å². The second-order valence-electron chi connectivity index (χ2n) is 6.05. The Kier molecular flexibility index (Phi) is 3.23. The van der Waals surface area contributed by atoms with Crippen LogP contribution >= 0.6 is 11.3 Å². The lowest BCUT2D eigenvalue weighted by atomic mass is 10.0. The molecule has 0 saturated carbocycles. The van der Waals surface area contributed by atoms with Crippen molar-refractivity contribution in [3.8, 4) is 0 Å². The van der Waals surface area contributed by atoms with E-state index >= 15 is 0 Å². The number of hydrogen-bond acceptors (Lipinski definition) is 4. The van der Waals surface area contributed by atoms with E-state index in [9.17, 15) is 9.59 Å². The van der Waals surface area contributed by atoms with E-state index in [1.807, 2.05) is 9.80 Å². The maximum atomic E-state index is 12.6. The summed E-state index contributed by atoms with van der Waals surface area (Å²) in [5.74, 6) is 0.334. The Morgan fingerprint density at radius 1 is 1.10 bits per heavy atom. The standard InChI is InChI=1S/C15H19N3O2S/c19-14-12-4-1-5-17(12)15(20)13-10-16(6-7-18(13)14)9-11-3-2-8-21-11/h2-3,8,12-13H,1,4-7,9-10H2/t12-,13+/m0/s1. The molecule has 1 aromatic heterocycles. The third kappa shape index (κ3) is 2.17. The number of rotatable bonds is 2. The molecule has 0 unspecified atom stereocenters. The van der Waals surface area contributed by atoms with E-state index in [4.69, 9.17) is 0 Å². The van der Waals surface area contributed by atoms with E-state index in [2.05, 4.69) is 22.4 Å². The van der Waals surface area contributed by atoms with Crippen LogP contribution in [0.4, 0.5) is 0 Å².